The molecule has 6 heavy (non-hydrogen) atoms. The van der Waals surface area contributed by atoms with E-state index in [1.807, 2.05) is 0 Å². The standard InChI is InChI=1S/CH3O4P/c2-1(3,4)6-5/h2-4H. The zero-order valence-electron chi connectivity index (χ0n) is 2.70. The molecule has 0 aliphatic carbocycles. The van der Waals surface area contributed by atoms with Crippen molar-refractivity contribution in [1.82, 2.24) is 0 Å². The molecular weight excluding hydrogens is 107 g/mol. The summed E-state index contributed by atoms with van der Waals surface area (Å²) in [5.74, 6) is 0. The molecule has 0 amide bonds. The third-order valence-corrected chi connectivity index (χ3v) is 0.367. The Balaban J connectivity index is 3.45. The summed E-state index contributed by atoms with van der Waals surface area (Å²) in [6, 6.07) is 0. The van der Waals surface area contributed by atoms with Crippen molar-refractivity contribution in [1.29, 1.82) is 0 Å². The first-order chi connectivity index (χ1) is 2.56. The lowest BCUT2D eigenvalue weighted by Gasteiger charge is -1.98. The van der Waals surface area contributed by atoms with Crippen LogP contribution in [0, 0.1) is 0 Å². The lowest BCUT2D eigenvalue weighted by atomic mass is 11.3. The highest BCUT2D eigenvalue weighted by Crippen LogP contribution is 2.08. The summed E-state index contributed by atoms with van der Waals surface area (Å²) in [6.45, 7) is 0. The summed E-state index contributed by atoms with van der Waals surface area (Å²) in [5.41, 5.74) is -3.04. The van der Waals surface area contributed by atoms with Crippen molar-refractivity contribution >= 4 is 8.46 Å². The molecule has 0 unspecified atom stereocenters. The predicted octanol–water partition coefficient (Wildman–Crippen LogP) is -1.13. The van der Waals surface area contributed by atoms with Crippen molar-refractivity contribution in [3.05, 3.63) is 0 Å². The smallest absolute Gasteiger partial charge is 0.334 e. The van der Waals surface area contributed by atoms with Crippen molar-refractivity contribution < 1.29 is 19.9 Å². The predicted molar refractivity (Wildman–Crippen MR) is 17.0 cm³/mol. The first-order valence-electron chi connectivity index (χ1n) is 1.08. The minimum atomic E-state index is -3.04. The van der Waals surface area contributed by atoms with Gasteiger partial charge in [-0.25, -0.2) is 0 Å². The van der Waals surface area contributed by atoms with E-state index in [9.17, 15) is 4.57 Å². The van der Waals surface area contributed by atoms with Gasteiger partial charge in [-0.1, -0.05) is 0 Å². The molecule has 3 N–H and O–H groups in total. The van der Waals surface area contributed by atoms with Crippen molar-refractivity contribution in [3.8, 4) is 0 Å². The highest BCUT2D eigenvalue weighted by Gasteiger charge is 2.16. The molecule has 0 aromatic heterocycles. The average molecular weight is 110 g/mol. The summed E-state index contributed by atoms with van der Waals surface area (Å²) < 4.78 is 9.17. The molecule has 0 bridgehead atoms. The van der Waals surface area contributed by atoms with E-state index in [1.165, 1.54) is 0 Å². The van der Waals surface area contributed by atoms with E-state index in [1.54, 1.807) is 0 Å². The average Bonchev–Trinajstić information content (AvgIpc) is 1.35. The maximum absolute atomic E-state index is 9.17. The Morgan fingerprint density at radius 2 is 1.50 bits per heavy atom. The molecule has 0 saturated heterocycles. The monoisotopic (exact) mass is 110 g/mol. The molecule has 0 radical (unpaired) electrons. The zero-order valence-corrected chi connectivity index (χ0v) is 3.59. The van der Waals surface area contributed by atoms with Crippen molar-refractivity contribution in [2.45, 2.75) is 5.71 Å². The first-order valence-corrected chi connectivity index (χ1v) is 1.89. The normalized spacial score (nSPS) is 12.5. The fourth-order valence-electron chi connectivity index (χ4n) is 0. The largest absolute Gasteiger partial charge is 0.361 e. The van der Waals surface area contributed by atoms with E-state index < -0.39 is 14.2 Å². The van der Waals surface area contributed by atoms with Gasteiger partial charge in [0.1, 0.15) is 0 Å². The molecule has 0 spiro atoms. The van der Waals surface area contributed by atoms with Crippen LogP contribution in [0.1, 0.15) is 0 Å². The summed E-state index contributed by atoms with van der Waals surface area (Å²) in [4.78, 5) is 0. The second-order valence-electron chi connectivity index (χ2n) is 0.691. The second-order valence-corrected chi connectivity index (χ2v) is 1.47. The molecule has 0 saturated carbocycles. The molecule has 0 aliphatic rings. The Morgan fingerprint density at radius 1 is 1.33 bits per heavy atom. The maximum atomic E-state index is 9.17. The minimum Gasteiger partial charge on any atom is -0.334 e. The fourth-order valence-corrected chi connectivity index (χ4v) is 0. The van der Waals surface area contributed by atoms with Crippen LogP contribution >= 0.6 is 8.46 Å². The van der Waals surface area contributed by atoms with Crippen LogP contribution in [0.4, 0.5) is 0 Å². The number of aliphatic hydroxyl groups is 3. The quantitative estimate of drug-likeness (QED) is 0.294. The molecule has 0 heterocycles. The van der Waals surface area contributed by atoms with E-state index in [0.29, 0.717) is 0 Å². The van der Waals surface area contributed by atoms with Crippen LogP contribution in [0.15, 0.2) is 0 Å². The Bertz CT molecular complexity index is 53.1. The molecule has 4 nitrogen and oxygen atoms in total. The van der Waals surface area contributed by atoms with E-state index in [0.717, 1.165) is 0 Å². The van der Waals surface area contributed by atoms with Crippen LogP contribution in [-0.2, 0) is 4.57 Å². The second kappa shape index (κ2) is 1.62. The van der Waals surface area contributed by atoms with Crippen molar-refractivity contribution in [3.63, 3.8) is 0 Å². The molecule has 0 aliphatic heterocycles. The maximum Gasteiger partial charge on any atom is 0.361 e. The van der Waals surface area contributed by atoms with E-state index in [4.69, 9.17) is 15.3 Å². The van der Waals surface area contributed by atoms with Crippen LogP contribution in [0.25, 0.3) is 0 Å². The van der Waals surface area contributed by atoms with Gasteiger partial charge in [0, 0.05) is 0 Å². The van der Waals surface area contributed by atoms with Crippen LogP contribution < -0.4 is 0 Å². The highest BCUT2D eigenvalue weighted by molar-refractivity contribution is 7.24. The van der Waals surface area contributed by atoms with Gasteiger partial charge < -0.3 is 15.3 Å². The molecule has 0 atom stereocenters. The van der Waals surface area contributed by atoms with Crippen LogP contribution in [0.3, 0.4) is 0 Å². The highest BCUT2D eigenvalue weighted by atomic mass is 31.1. The van der Waals surface area contributed by atoms with Gasteiger partial charge in [-0.3, -0.25) is 4.57 Å². The molecular formula is CH3O4P. The number of rotatable bonds is 1. The molecule has 0 aromatic rings. The summed E-state index contributed by atoms with van der Waals surface area (Å²) in [6.07, 6.45) is 0. The first kappa shape index (κ1) is 5.98. The van der Waals surface area contributed by atoms with Gasteiger partial charge in [0.05, 0.1) is 0 Å². The van der Waals surface area contributed by atoms with Gasteiger partial charge in [-0.05, 0) is 0 Å². The van der Waals surface area contributed by atoms with Gasteiger partial charge >= 0.3 is 5.71 Å². The Kier molecular flexibility index (Phi) is 1.61. The fraction of sp³-hybridized carbons (Fsp3) is 1.00. The van der Waals surface area contributed by atoms with Crippen molar-refractivity contribution in [2.24, 2.45) is 0 Å². The minimum absolute atomic E-state index is 1.11. The Morgan fingerprint density at radius 3 is 1.50 bits per heavy atom. The van der Waals surface area contributed by atoms with Crippen LogP contribution in [-0.4, -0.2) is 21.0 Å². The summed E-state index contributed by atoms with van der Waals surface area (Å²) in [7, 11) is -1.11. The van der Waals surface area contributed by atoms with Gasteiger partial charge in [0.25, 0.3) is 8.46 Å². The molecule has 0 rings (SSSR count). The topological polar surface area (TPSA) is 77.8 Å². The molecule has 5 heteroatoms. The molecule has 36 valence electrons. The summed E-state index contributed by atoms with van der Waals surface area (Å²) >= 11 is 0. The van der Waals surface area contributed by atoms with E-state index >= 15 is 0 Å². The number of hydrogen-bond donors (Lipinski definition) is 3. The number of hydrogen-bond acceptors (Lipinski definition) is 4. The lowest BCUT2D eigenvalue weighted by Crippen LogP contribution is -2.16. The zero-order chi connectivity index (χ0) is 5.21. The van der Waals surface area contributed by atoms with Gasteiger partial charge in [0.15, 0.2) is 0 Å². The van der Waals surface area contributed by atoms with E-state index in [2.05, 4.69) is 0 Å². The third-order valence-electron chi connectivity index (χ3n) is 0.122. The van der Waals surface area contributed by atoms with Gasteiger partial charge in [0.2, 0.25) is 0 Å². The van der Waals surface area contributed by atoms with Crippen LogP contribution in [0.2, 0.25) is 0 Å². The lowest BCUT2D eigenvalue weighted by molar-refractivity contribution is -0.238. The van der Waals surface area contributed by atoms with Crippen molar-refractivity contribution in [2.75, 3.05) is 0 Å². The Labute approximate surface area is 35.2 Å². The molecule has 0 aromatic carbocycles. The summed E-state index contributed by atoms with van der Waals surface area (Å²) in [5, 5.41) is 22.8. The molecule has 0 fully saturated rings. The van der Waals surface area contributed by atoms with Crippen LogP contribution in [0.5, 0.6) is 0 Å². The van der Waals surface area contributed by atoms with Gasteiger partial charge in [-0.2, -0.15) is 0 Å². The Hall–Kier alpha value is -0.0200. The SMILES string of the molecule is O=PC(O)(O)O. The van der Waals surface area contributed by atoms with Gasteiger partial charge in [-0.15, -0.1) is 0 Å². The van der Waals surface area contributed by atoms with E-state index in [-0.39, 0.29) is 0 Å². The third kappa shape index (κ3) is 3.98.